The van der Waals surface area contributed by atoms with Gasteiger partial charge in [-0.25, -0.2) is 4.79 Å². The molecular weight excluding hydrogens is 382 g/mol. The molecule has 0 bridgehead atoms. The number of rotatable bonds is 2. The molecule has 0 aromatic heterocycles. The molecule has 0 radical (unpaired) electrons. The van der Waals surface area contributed by atoms with E-state index in [1.165, 1.54) is 0 Å². The van der Waals surface area contributed by atoms with Crippen LogP contribution in [0.15, 0.2) is 22.7 Å². The zero-order valence-electron chi connectivity index (χ0n) is 14.8. The zero-order chi connectivity index (χ0) is 18.7. The van der Waals surface area contributed by atoms with Crippen LogP contribution >= 0.6 is 15.9 Å². The third-order valence-corrected chi connectivity index (χ3v) is 5.11. The minimum Gasteiger partial charge on any atom is -0.444 e. The molecular formula is C19H22BrN3O2. The summed E-state index contributed by atoms with van der Waals surface area (Å²) in [6, 6.07) is 10.1. The maximum atomic E-state index is 12.2. The van der Waals surface area contributed by atoms with E-state index in [0.29, 0.717) is 37.9 Å². The number of likely N-dealkylation sites (tertiary alicyclic amines) is 1. The minimum absolute atomic E-state index is 0.336. The van der Waals surface area contributed by atoms with Gasteiger partial charge in [0.1, 0.15) is 5.60 Å². The van der Waals surface area contributed by atoms with Crippen LogP contribution in [0.2, 0.25) is 0 Å². The molecule has 132 valence electrons. The zero-order valence-corrected chi connectivity index (χ0v) is 16.4. The van der Waals surface area contributed by atoms with Crippen molar-refractivity contribution < 1.29 is 9.53 Å². The van der Waals surface area contributed by atoms with Crippen molar-refractivity contribution in [2.45, 2.75) is 45.6 Å². The summed E-state index contributed by atoms with van der Waals surface area (Å²) < 4.78 is 6.25. The first-order valence-electron chi connectivity index (χ1n) is 8.26. The van der Waals surface area contributed by atoms with Crippen LogP contribution in [0.4, 0.5) is 4.79 Å². The lowest BCUT2D eigenvalue weighted by atomic mass is 9.74. The number of nitriles is 2. The van der Waals surface area contributed by atoms with Crippen LogP contribution in [0.1, 0.15) is 44.7 Å². The normalized spacial score (nSPS) is 16.6. The maximum absolute atomic E-state index is 12.2. The number of nitrogens with zero attached hydrogens (tertiary/aromatic N) is 3. The fraction of sp³-hybridized carbons (Fsp3) is 0.526. The molecule has 0 aliphatic carbocycles. The van der Waals surface area contributed by atoms with Crippen LogP contribution in [0.3, 0.4) is 0 Å². The van der Waals surface area contributed by atoms with Gasteiger partial charge in [0.15, 0.2) is 0 Å². The average molecular weight is 404 g/mol. The molecule has 1 saturated heterocycles. The minimum atomic E-state index is -0.575. The molecule has 1 aromatic rings. The molecule has 5 nitrogen and oxygen atoms in total. The molecule has 1 amide bonds. The Balaban J connectivity index is 2.12. The molecule has 1 heterocycles. The van der Waals surface area contributed by atoms with Gasteiger partial charge in [-0.05, 0) is 57.7 Å². The first kappa shape index (κ1) is 19.3. The number of carbonyl (C=O) groups excluding carboxylic acids is 1. The molecule has 1 fully saturated rings. The van der Waals surface area contributed by atoms with Crippen molar-refractivity contribution in [2.75, 3.05) is 13.1 Å². The summed E-state index contributed by atoms with van der Waals surface area (Å²) in [5.74, 6) is 0. The van der Waals surface area contributed by atoms with E-state index in [4.69, 9.17) is 4.74 Å². The van der Waals surface area contributed by atoms with Crippen LogP contribution in [0.25, 0.3) is 0 Å². The van der Waals surface area contributed by atoms with Crippen molar-refractivity contribution in [3.05, 3.63) is 33.8 Å². The Kier molecular flexibility index (Phi) is 5.75. The molecule has 2 rings (SSSR count). The molecule has 0 N–H and O–H groups in total. The van der Waals surface area contributed by atoms with Crippen LogP contribution in [0.5, 0.6) is 0 Å². The number of amides is 1. The highest BCUT2D eigenvalue weighted by molar-refractivity contribution is 9.10. The summed E-state index contributed by atoms with van der Waals surface area (Å²) in [7, 11) is 0. The van der Waals surface area contributed by atoms with Gasteiger partial charge in [-0.15, -0.1) is 0 Å². The third kappa shape index (κ3) is 4.74. The lowest BCUT2D eigenvalue weighted by Crippen LogP contribution is -2.45. The topological polar surface area (TPSA) is 77.1 Å². The summed E-state index contributed by atoms with van der Waals surface area (Å²) in [4.78, 5) is 13.9. The fourth-order valence-corrected chi connectivity index (χ4v) is 3.46. The van der Waals surface area contributed by atoms with Crippen LogP contribution in [-0.2, 0) is 11.2 Å². The van der Waals surface area contributed by atoms with Crippen molar-refractivity contribution in [1.82, 2.24) is 4.90 Å². The Hall–Kier alpha value is -2.05. The predicted octanol–water partition coefficient (Wildman–Crippen LogP) is 4.40. The molecule has 1 aliphatic heterocycles. The monoisotopic (exact) mass is 403 g/mol. The summed E-state index contributed by atoms with van der Waals surface area (Å²) >= 11 is 3.49. The lowest BCUT2D eigenvalue weighted by Gasteiger charge is -2.38. The van der Waals surface area contributed by atoms with E-state index in [9.17, 15) is 15.3 Å². The lowest BCUT2D eigenvalue weighted by molar-refractivity contribution is 0.0148. The number of ether oxygens (including phenoxy) is 1. The van der Waals surface area contributed by atoms with Gasteiger partial charge in [-0.2, -0.15) is 10.5 Å². The van der Waals surface area contributed by atoms with Gasteiger partial charge in [0.05, 0.1) is 23.1 Å². The second kappa shape index (κ2) is 7.45. The number of piperidine rings is 1. The Labute approximate surface area is 157 Å². The Morgan fingerprint density at radius 2 is 1.96 bits per heavy atom. The van der Waals surface area contributed by atoms with E-state index >= 15 is 0 Å². The molecule has 25 heavy (non-hydrogen) atoms. The molecule has 0 unspecified atom stereocenters. The molecule has 0 atom stereocenters. The highest BCUT2D eigenvalue weighted by atomic mass is 79.9. The molecule has 6 heteroatoms. The quantitative estimate of drug-likeness (QED) is 0.732. The summed E-state index contributed by atoms with van der Waals surface area (Å²) in [5, 5.41) is 19.1. The van der Waals surface area contributed by atoms with Gasteiger partial charge in [-0.1, -0.05) is 22.0 Å². The standard InChI is InChI=1S/C19H22BrN3O2/c1-18(2,3)25-17(24)23-9-7-19(13-22,8-10-23)11-15-14(12-21)5-4-6-16(15)20/h4-6H,7-11H2,1-3H3. The number of hydrogen-bond donors (Lipinski definition) is 0. The Bertz CT molecular complexity index is 733. The first-order chi connectivity index (χ1) is 11.7. The van der Waals surface area contributed by atoms with Gasteiger partial charge >= 0.3 is 6.09 Å². The predicted molar refractivity (Wildman–Crippen MR) is 97.6 cm³/mol. The van der Waals surface area contributed by atoms with E-state index in [1.54, 1.807) is 11.0 Å². The largest absolute Gasteiger partial charge is 0.444 e. The van der Waals surface area contributed by atoms with Crippen LogP contribution < -0.4 is 0 Å². The van der Waals surface area contributed by atoms with Crippen molar-refractivity contribution in [1.29, 1.82) is 10.5 Å². The summed E-state index contributed by atoms with van der Waals surface area (Å²) in [6.45, 7) is 6.48. The number of halogens is 1. The second-order valence-corrected chi connectivity index (χ2v) is 8.27. The highest BCUT2D eigenvalue weighted by Gasteiger charge is 2.38. The average Bonchev–Trinajstić information content (AvgIpc) is 2.55. The van der Waals surface area contributed by atoms with Gasteiger partial charge in [0.2, 0.25) is 0 Å². The highest BCUT2D eigenvalue weighted by Crippen LogP contribution is 2.37. The first-order valence-corrected chi connectivity index (χ1v) is 9.06. The van der Waals surface area contributed by atoms with Crippen molar-refractivity contribution >= 4 is 22.0 Å². The van der Waals surface area contributed by atoms with E-state index < -0.39 is 11.0 Å². The fourth-order valence-electron chi connectivity index (χ4n) is 2.95. The number of benzene rings is 1. The second-order valence-electron chi connectivity index (χ2n) is 7.41. The Morgan fingerprint density at radius 3 is 2.48 bits per heavy atom. The van der Waals surface area contributed by atoms with Crippen LogP contribution in [-0.4, -0.2) is 29.7 Å². The SMILES string of the molecule is CC(C)(C)OC(=O)N1CCC(C#N)(Cc2c(Br)cccc2C#N)CC1. The third-order valence-electron chi connectivity index (χ3n) is 4.36. The van der Waals surface area contributed by atoms with Gasteiger partial charge in [-0.3, -0.25) is 0 Å². The van der Waals surface area contributed by atoms with Crippen LogP contribution in [0, 0.1) is 28.1 Å². The van der Waals surface area contributed by atoms with Crippen molar-refractivity contribution in [3.8, 4) is 12.1 Å². The molecule has 0 saturated carbocycles. The Morgan fingerprint density at radius 1 is 1.32 bits per heavy atom. The van der Waals surface area contributed by atoms with E-state index in [1.807, 2.05) is 32.9 Å². The molecule has 1 aliphatic rings. The molecule has 1 aromatic carbocycles. The maximum Gasteiger partial charge on any atom is 0.410 e. The van der Waals surface area contributed by atoms with Crippen molar-refractivity contribution in [3.63, 3.8) is 0 Å². The van der Waals surface area contributed by atoms with Gasteiger partial charge in [0.25, 0.3) is 0 Å². The summed E-state index contributed by atoms with van der Waals surface area (Å²) in [6.07, 6.45) is 1.29. The smallest absolute Gasteiger partial charge is 0.410 e. The number of hydrogen-bond acceptors (Lipinski definition) is 4. The summed E-state index contributed by atoms with van der Waals surface area (Å²) in [5.41, 5.74) is 0.335. The molecule has 0 spiro atoms. The van der Waals surface area contributed by atoms with Crippen molar-refractivity contribution in [2.24, 2.45) is 5.41 Å². The van der Waals surface area contributed by atoms with Gasteiger partial charge < -0.3 is 9.64 Å². The number of carbonyl (C=O) groups is 1. The van der Waals surface area contributed by atoms with E-state index in [-0.39, 0.29) is 6.09 Å². The van der Waals surface area contributed by atoms with Gasteiger partial charge in [0, 0.05) is 17.6 Å². The van der Waals surface area contributed by atoms with E-state index in [2.05, 4.69) is 28.1 Å². The van der Waals surface area contributed by atoms with E-state index in [0.717, 1.165) is 10.0 Å².